The molecular formula is C13H23N3O2. The molecule has 5 nitrogen and oxygen atoms in total. The van der Waals surface area contributed by atoms with Gasteiger partial charge in [0, 0.05) is 6.42 Å². The first-order valence-electron chi connectivity index (χ1n) is 6.36. The Bertz CT molecular complexity index is 443. The molecule has 0 spiro atoms. The lowest BCUT2D eigenvalue weighted by Gasteiger charge is -2.27. The Kier molecular flexibility index (Phi) is 2.83. The van der Waals surface area contributed by atoms with Crippen molar-refractivity contribution >= 4 is 0 Å². The highest BCUT2D eigenvalue weighted by Gasteiger charge is 2.47. The van der Waals surface area contributed by atoms with Crippen molar-refractivity contribution in [1.29, 1.82) is 0 Å². The van der Waals surface area contributed by atoms with Crippen LogP contribution < -0.4 is 0 Å². The number of nitrogens with zero attached hydrogens (tertiary/aromatic N) is 3. The van der Waals surface area contributed by atoms with Crippen LogP contribution in [0.4, 0.5) is 0 Å². The van der Waals surface area contributed by atoms with E-state index >= 15 is 0 Å². The third-order valence-electron chi connectivity index (χ3n) is 3.48. The molecule has 0 amide bonds. The van der Waals surface area contributed by atoms with Crippen molar-refractivity contribution in [3.63, 3.8) is 0 Å². The lowest BCUT2D eigenvalue weighted by atomic mass is 9.94. The largest absolute Gasteiger partial charge is 0.384 e. The molecule has 1 N–H and O–H groups in total. The summed E-state index contributed by atoms with van der Waals surface area (Å²) in [6.07, 6.45) is 2.70. The van der Waals surface area contributed by atoms with Gasteiger partial charge in [-0.05, 0) is 41.5 Å². The number of aliphatic hydroxyl groups is 1. The van der Waals surface area contributed by atoms with E-state index in [1.165, 1.54) is 0 Å². The summed E-state index contributed by atoms with van der Waals surface area (Å²) in [5.74, 6) is 0. The van der Waals surface area contributed by atoms with Crippen LogP contribution in [0.25, 0.3) is 0 Å². The predicted octanol–water partition coefficient (Wildman–Crippen LogP) is 2.02. The molecule has 1 aromatic heterocycles. The zero-order valence-electron chi connectivity index (χ0n) is 12.1. The third kappa shape index (κ3) is 2.42. The van der Waals surface area contributed by atoms with Crippen LogP contribution in [-0.2, 0) is 10.3 Å². The van der Waals surface area contributed by atoms with Crippen LogP contribution in [0, 0.1) is 0 Å². The van der Waals surface area contributed by atoms with Crippen LogP contribution in [0.1, 0.15) is 59.7 Å². The van der Waals surface area contributed by atoms with Gasteiger partial charge in [0.2, 0.25) is 0 Å². The molecule has 1 atom stereocenters. The van der Waals surface area contributed by atoms with Crippen molar-refractivity contribution in [2.75, 3.05) is 0 Å². The fraction of sp³-hybridized carbons (Fsp3) is 0.846. The molecule has 102 valence electrons. The maximum atomic E-state index is 9.93. The smallest absolute Gasteiger partial charge is 0.114 e. The first kappa shape index (κ1) is 13.5. The summed E-state index contributed by atoms with van der Waals surface area (Å²) in [5, 5.41) is 18.1. The van der Waals surface area contributed by atoms with Crippen molar-refractivity contribution in [3.05, 3.63) is 11.9 Å². The van der Waals surface area contributed by atoms with Crippen LogP contribution in [-0.4, -0.2) is 31.3 Å². The van der Waals surface area contributed by atoms with E-state index in [4.69, 9.17) is 4.74 Å². The summed E-state index contributed by atoms with van der Waals surface area (Å²) >= 11 is 0. The second-order valence-corrected chi connectivity index (χ2v) is 6.83. The summed E-state index contributed by atoms with van der Waals surface area (Å²) < 4.78 is 7.87. The third-order valence-corrected chi connectivity index (χ3v) is 3.48. The predicted molar refractivity (Wildman–Crippen MR) is 68.2 cm³/mol. The molecule has 1 aliphatic rings. The van der Waals surface area contributed by atoms with Gasteiger partial charge in [-0.3, -0.25) is 0 Å². The standard InChI is InChI=1S/C13H23N3O2/c1-11(2)7-10(13(5,6)18-11)16-8-9(14-15-16)12(3,4)17/h8,10,17H,7H2,1-6H3. The Morgan fingerprint density at radius 1 is 1.39 bits per heavy atom. The van der Waals surface area contributed by atoms with Crippen molar-refractivity contribution < 1.29 is 9.84 Å². The fourth-order valence-corrected chi connectivity index (χ4v) is 2.65. The second-order valence-electron chi connectivity index (χ2n) is 6.83. The van der Waals surface area contributed by atoms with E-state index in [2.05, 4.69) is 38.0 Å². The van der Waals surface area contributed by atoms with Gasteiger partial charge in [0.1, 0.15) is 11.3 Å². The van der Waals surface area contributed by atoms with Gasteiger partial charge < -0.3 is 9.84 Å². The number of hydrogen-bond acceptors (Lipinski definition) is 4. The minimum atomic E-state index is -0.961. The topological polar surface area (TPSA) is 60.2 Å². The van der Waals surface area contributed by atoms with Crippen molar-refractivity contribution in [2.45, 2.75) is 70.8 Å². The van der Waals surface area contributed by atoms with Crippen molar-refractivity contribution in [2.24, 2.45) is 0 Å². The van der Waals surface area contributed by atoms with E-state index in [1.54, 1.807) is 13.8 Å². The Hall–Kier alpha value is -0.940. The Morgan fingerprint density at radius 3 is 2.39 bits per heavy atom. The van der Waals surface area contributed by atoms with E-state index in [-0.39, 0.29) is 17.2 Å². The van der Waals surface area contributed by atoms with Crippen LogP contribution >= 0.6 is 0 Å². The minimum absolute atomic E-state index is 0.135. The van der Waals surface area contributed by atoms with Crippen LogP contribution in [0.2, 0.25) is 0 Å². The molecular weight excluding hydrogens is 230 g/mol. The Balaban J connectivity index is 2.30. The van der Waals surface area contributed by atoms with Crippen molar-refractivity contribution in [3.8, 4) is 0 Å². The molecule has 0 aliphatic carbocycles. The van der Waals surface area contributed by atoms with Crippen LogP contribution in [0.15, 0.2) is 6.20 Å². The Labute approximate surface area is 108 Å². The van der Waals surface area contributed by atoms with Crippen LogP contribution in [0.3, 0.4) is 0 Å². The highest BCUT2D eigenvalue weighted by atomic mass is 16.5. The van der Waals surface area contributed by atoms with Gasteiger partial charge in [-0.15, -0.1) is 5.10 Å². The van der Waals surface area contributed by atoms with Gasteiger partial charge in [0.05, 0.1) is 23.4 Å². The quantitative estimate of drug-likeness (QED) is 0.876. The first-order chi connectivity index (χ1) is 8.01. The highest BCUT2D eigenvalue weighted by Crippen LogP contribution is 2.44. The molecule has 0 aromatic carbocycles. The molecule has 1 fully saturated rings. The van der Waals surface area contributed by atoms with Gasteiger partial charge in [0.15, 0.2) is 0 Å². The minimum Gasteiger partial charge on any atom is -0.384 e. The second kappa shape index (κ2) is 3.78. The van der Waals surface area contributed by atoms with Gasteiger partial charge in [0.25, 0.3) is 0 Å². The van der Waals surface area contributed by atoms with Gasteiger partial charge in [-0.25, -0.2) is 4.68 Å². The molecule has 1 saturated heterocycles. The molecule has 0 saturated carbocycles. The van der Waals surface area contributed by atoms with E-state index < -0.39 is 5.60 Å². The molecule has 1 aromatic rings. The zero-order valence-corrected chi connectivity index (χ0v) is 12.1. The average molecular weight is 253 g/mol. The fourth-order valence-electron chi connectivity index (χ4n) is 2.65. The molecule has 2 heterocycles. The SMILES string of the molecule is CC1(C)CC(n2cc(C(C)(C)O)nn2)C(C)(C)O1. The van der Waals surface area contributed by atoms with E-state index in [0.29, 0.717) is 5.69 Å². The summed E-state index contributed by atoms with van der Waals surface area (Å²) in [5.41, 5.74) is -0.816. The molecule has 1 unspecified atom stereocenters. The van der Waals surface area contributed by atoms with E-state index in [0.717, 1.165) is 6.42 Å². The summed E-state index contributed by atoms with van der Waals surface area (Å²) in [6, 6.07) is 0.135. The molecule has 0 bridgehead atoms. The normalized spacial score (nSPS) is 26.5. The lowest BCUT2D eigenvalue weighted by Crippen LogP contribution is -2.31. The molecule has 1 aliphatic heterocycles. The number of hydrogen-bond donors (Lipinski definition) is 1. The molecule has 2 rings (SSSR count). The van der Waals surface area contributed by atoms with Crippen molar-refractivity contribution in [1.82, 2.24) is 15.0 Å². The van der Waals surface area contributed by atoms with Gasteiger partial charge in [-0.1, -0.05) is 5.21 Å². The maximum Gasteiger partial charge on any atom is 0.114 e. The number of rotatable bonds is 2. The maximum absolute atomic E-state index is 9.93. The highest BCUT2D eigenvalue weighted by molar-refractivity contribution is 5.06. The van der Waals surface area contributed by atoms with Crippen LogP contribution in [0.5, 0.6) is 0 Å². The van der Waals surface area contributed by atoms with E-state index in [9.17, 15) is 5.11 Å². The molecule has 5 heteroatoms. The van der Waals surface area contributed by atoms with Gasteiger partial charge >= 0.3 is 0 Å². The summed E-state index contributed by atoms with van der Waals surface area (Å²) in [4.78, 5) is 0. The Morgan fingerprint density at radius 2 is 2.00 bits per heavy atom. The van der Waals surface area contributed by atoms with Gasteiger partial charge in [-0.2, -0.15) is 0 Å². The first-order valence-corrected chi connectivity index (χ1v) is 6.36. The zero-order chi connectivity index (χ0) is 13.8. The van der Waals surface area contributed by atoms with E-state index in [1.807, 2.05) is 10.9 Å². The summed E-state index contributed by atoms with van der Waals surface area (Å²) in [7, 11) is 0. The summed E-state index contributed by atoms with van der Waals surface area (Å²) in [6.45, 7) is 11.7. The number of aromatic nitrogens is 3. The number of ether oxygens (including phenoxy) is 1. The lowest BCUT2D eigenvalue weighted by molar-refractivity contribution is -0.0738. The molecule has 0 radical (unpaired) electrons. The molecule has 18 heavy (non-hydrogen) atoms. The monoisotopic (exact) mass is 253 g/mol. The average Bonchev–Trinajstić information content (AvgIpc) is 2.65.